The SMILES string of the molecule is CC(=O)N[C@H]1[C@H](O[C@H]2[C@@H](O)[C@@H](CO)O[C@@H](O[C@H]3[C@H](O[C@@H]4O[C@@H](C)[C@@H](O)[C@@H](O)[C@@H]4O)[C@@H](NC(C)=O)[C@H](O[C@H]4[C@@H](O)[C@@H](CO)O[C@@H](O[C@H]5[C@H](O[C@@H]6O[C@@H](C)[C@@H](O)[C@@H](O)[C@@H]6O)[C@@H](NC(C)=O)C(O)O[C@@H]5CO)[C@@H]4O)O[C@@H]3CO)[C@@H]2O)O[C@H](CO)[C@@H](O[C@@H]2O[C@H](CO)[C@H](O)[C@H](O)[C@H]2O)[C@@H]1O. The molecule has 3 amide bonds. The third kappa shape index (κ3) is 16.9. The van der Waals surface area contributed by atoms with Crippen LogP contribution in [0.5, 0.6) is 0 Å². The van der Waals surface area contributed by atoms with E-state index in [2.05, 4.69) is 16.0 Å². The Bertz CT molecular complexity index is 2470. The molecule has 0 bridgehead atoms. The summed E-state index contributed by atoms with van der Waals surface area (Å²) in [7, 11) is 0. The van der Waals surface area contributed by atoms with Gasteiger partial charge in [0, 0.05) is 20.8 Å². The summed E-state index contributed by atoms with van der Waals surface area (Å²) >= 11 is 0. The second-order valence-electron chi connectivity index (χ2n) is 24.5. The molecule has 40 atom stereocenters. The van der Waals surface area contributed by atoms with Crippen molar-refractivity contribution in [3.8, 4) is 0 Å². The van der Waals surface area contributed by atoms with E-state index in [-0.39, 0.29) is 0 Å². The lowest BCUT2D eigenvalue weighted by Gasteiger charge is -2.52. The van der Waals surface area contributed by atoms with Gasteiger partial charge in [0.05, 0.1) is 51.8 Å². The molecule has 556 valence electrons. The van der Waals surface area contributed by atoms with Crippen LogP contribution in [0.4, 0.5) is 0 Å². The number of ether oxygens (including phenoxy) is 15. The predicted octanol–water partition coefficient (Wildman–Crippen LogP) is -16.0. The first kappa shape index (κ1) is 78.7. The van der Waals surface area contributed by atoms with Crippen LogP contribution in [0.25, 0.3) is 0 Å². The molecule has 1 unspecified atom stereocenters. The minimum absolute atomic E-state index is 0.818. The zero-order chi connectivity index (χ0) is 70.8. The molecule has 0 radical (unpaired) electrons. The lowest BCUT2D eigenvalue weighted by molar-refractivity contribution is -0.398. The van der Waals surface area contributed by atoms with Crippen LogP contribution in [0.3, 0.4) is 0 Å². The number of hydrogen-bond acceptors (Lipinski definition) is 39. The summed E-state index contributed by atoms with van der Waals surface area (Å²) in [6, 6.07) is -5.53. The third-order valence-electron chi connectivity index (χ3n) is 17.8. The maximum atomic E-state index is 13.4. The van der Waals surface area contributed by atoms with Crippen molar-refractivity contribution < 1.29 is 193 Å². The molecule has 8 aliphatic rings. The number of aliphatic hydroxyl groups excluding tert-OH is 21. The zero-order valence-corrected chi connectivity index (χ0v) is 52.1. The maximum Gasteiger partial charge on any atom is 0.217 e. The van der Waals surface area contributed by atoms with Gasteiger partial charge in [0.25, 0.3) is 0 Å². The fraction of sp³-hybridized carbons (Fsp3) is 0.944. The summed E-state index contributed by atoms with van der Waals surface area (Å²) in [4.78, 5) is 38.7. The van der Waals surface area contributed by atoms with Gasteiger partial charge in [-0.15, -0.1) is 0 Å². The minimum atomic E-state index is -2.37. The van der Waals surface area contributed by atoms with Gasteiger partial charge in [0.2, 0.25) is 17.7 Å². The van der Waals surface area contributed by atoms with Crippen LogP contribution in [-0.2, 0) is 85.4 Å². The van der Waals surface area contributed by atoms with Crippen molar-refractivity contribution in [2.45, 2.75) is 280 Å². The van der Waals surface area contributed by atoms with Crippen LogP contribution in [0, 0.1) is 0 Å². The first-order valence-corrected chi connectivity index (χ1v) is 30.8. The van der Waals surface area contributed by atoms with E-state index in [0.717, 1.165) is 20.8 Å². The Kier molecular flexibility index (Phi) is 27.7. The van der Waals surface area contributed by atoms with Gasteiger partial charge < -0.3 is 194 Å². The van der Waals surface area contributed by atoms with Gasteiger partial charge in [-0.2, -0.15) is 0 Å². The van der Waals surface area contributed by atoms with Crippen molar-refractivity contribution in [2.75, 3.05) is 39.6 Å². The van der Waals surface area contributed by atoms with E-state index in [4.69, 9.17) is 71.1 Å². The average molecular weight is 1410 g/mol. The van der Waals surface area contributed by atoms with Gasteiger partial charge in [-0.25, -0.2) is 0 Å². The molecule has 0 saturated carbocycles. The molecule has 0 aromatic heterocycles. The molecule has 42 heteroatoms. The number of hydrogen-bond donors (Lipinski definition) is 24. The summed E-state index contributed by atoms with van der Waals surface area (Å²) in [5.41, 5.74) is 0. The molecule has 0 aromatic rings. The first-order valence-electron chi connectivity index (χ1n) is 30.8. The molecule has 8 fully saturated rings. The van der Waals surface area contributed by atoms with Crippen LogP contribution in [-0.4, -0.2) is 410 Å². The van der Waals surface area contributed by atoms with Crippen LogP contribution in [0.1, 0.15) is 34.6 Å². The Hall–Kier alpha value is -3.03. The van der Waals surface area contributed by atoms with Crippen LogP contribution < -0.4 is 16.0 Å². The second-order valence-corrected chi connectivity index (χ2v) is 24.5. The van der Waals surface area contributed by atoms with E-state index in [0.29, 0.717) is 0 Å². The smallest absolute Gasteiger partial charge is 0.217 e. The van der Waals surface area contributed by atoms with Crippen molar-refractivity contribution in [1.29, 1.82) is 0 Å². The number of rotatable bonds is 23. The Morgan fingerprint density at radius 3 is 0.958 bits per heavy atom. The van der Waals surface area contributed by atoms with Gasteiger partial charge in [0.15, 0.2) is 50.3 Å². The number of nitrogens with one attached hydrogen (secondary N) is 3. The van der Waals surface area contributed by atoms with E-state index in [1.807, 2.05) is 0 Å². The monoisotopic (exact) mass is 1410 g/mol. The van der Waals surface area contributed by atoms with Crippen LogP contribution >= 0.6 is 0 Å². The molecule has 0 spiro atoms. The van der Waals surface area contributed by atoms with Gasteiger partial charge in [0.1, 0.15) is 183 Å². The van der Waals surface area contributed by atoms with Gasteiger partial charge in [-0.05, 0) is 13.8 Å². The number of carbonyl (C=O) groups is 3. The van der Waals surface area contributed by atoms with E-state index in [9.17, 15) is 122 Å². The molecule has 8 saturated heterocycles. The Morgan fingerprint density at radius 2 is 0.552 bits per heavy atom. The lowest BCUT2D eigenvalue weighted by atomic mass is 9.93. The second kappa shape index (κ2) is 33.8. The summed E-state index contributed by atoms with van der Waals surface area (Å²) in [5, 5.41) is 238. The molecule has 96 heavy (non-hydrogen) atoms. The highest BCUT2D eigenvalue weighted by Crippen LogP contribution is 2.40. The molecule has 8 aliphatic heterocycles. The molecular weight excluding hydrogens is 1310 g/mol. The fourth-order valence-electron chi connectivity index (χ4n) is 12.6. The predicted molar refractivity (Wildman–Crippen MR) is 296 cm³/mol. The molecule has 24 N–H and O–H groups in total. The van der Waals surface area contributed by atoms with Crippen molar-refractivity contribution in [3.63, 3.8) is 0 Å². The van der Waals surface area contributed by atoms with Gasteiger partial charge >= 0.3 is 0 Å². The highest BCUT2D eigenvalue weighted by molar-refractivity contribution is 5.74. The summed E-state index contributed by atoms with van der Waals surface area (Å²) in [6.45, 7) is -0.951. The molecular formula is C54H91N3O39. The average Bonchev–Trinajstić information content (AvgIpc) is 0.767. The van der Waals surface area contributed by atoms with Gasteiger partial charge in [-0.1, -0.05) is 0 Å². The van der Waals surface area contributed by atoms with Crippen molar-refractivity contribution in [3.05, 3.63) is 0 Å². The summed E-state index contributed by atoms with van der Waals surface area (Å²) < 4.78 is 89.1. The van der Waals surface area contributed by atoms with Crippen LogP contribution in [0.15, 0.2) is 0 Å². The molecule has 0 aromatic carbocycles. The van der Waals surface area contributed by atoms with E-state index in [1.54, 1.807) is 0 Å². The molecule has 0 aliphatic carbocycles. The number of aliphatic hydroxyl groups is 21. The topological polar surface area (TPSA) is 651 Å². The highest BCUT2D eigenvalue weighted by atomic mass is 16.8. The number of carbonyl (C=O) groups excluding carboxylic acids is 3. The lowest BCUT2D eigenvalue weighted by Crippen LogP contribution is -2.72. The van der Waals surface area contributed by atoms with Crippen LogP contribution in [0.2, 0.25) is 0 Å². The third-order valence-corrected chi connectivity index (χ3v) is 17.8. The first-order chi connectivity index (χ1) is 45.3. The van der Waals surface area contributed by atoms with E-state index < -0.39 is 303 Å². The summed E-state index contributed by atoms with van der Waals surface area (Å²) in [5.74, 6) is -2.68. The van der Waals surface area contributed by atoms with Gasteiger partial charge in [-0.3, -0.25) is 14.4 Å². The van der Waals surface area contributed by atoms with Crippen molar-refractivity contribution in [2.24, 2.45) is 0 Å². The quantitative estimate of drug-likeness (QED) is 0.0452. The maximum absolute atomic E-state index is 13.4. The van der Waals surface area contributed by atoms with Crippen molar-refractivity contribution in [1.82, 2.24) is 16.0 Å². The van der Waals surface area contributed by atoms with E-state index in [1.165, 1.54) is 13.8 Å². The number of amides is 3. The molecule has 8 heterocycles. The Balaban J connectivity index is 1.11. The van der Waals surface area contributed by atoms with Crippen molar-refractivity contribution >= 4 is 17.7 Å². The molecule has 8 rings (SSSR count). The largest absolute Gasteiger partial charge is 0.394 e. The van der Waals surface area contributed by atoms with E-state index >= 15 is 0 Å². The fourth-order valence-corrected chi connectivity index (χ4v) is 12.6. The highest BCUT2D eigenvalue weighted by Gasteiger charge is 2.61. The Morgan fingerprint density at radius 1 is 0.271 bits per heavy atom. The minimum Gasteiger partial charge on any atom is -0.394 e. The zero-order valence-electron chi connectivity index (χ0n) is 52.1. The Labute approximate surface area is 545 Å². The summed E-state index contributed by atoms with van der Waals surface area (Å²) in [6.07, 6.45) is -72.4. The molecule has 42 nitrogen and oxygen atoms in total. The normalized spacial score (nSPS) is 50.3. The standard InChI is InChI=1S/C54H91N3O39/c1-12-26(67)32(73)35(76)50(82-12)93-43-24(56-15(4)65)47(81)84-21(10-62)41(43)91-53-39(80)46(30(71)19(8-60)86-53)96-49-25(57-16(5)66)44(94-51-36(77)33(74)27(68)13(2)83-51)42(22(11-63)89-49)92-54-38(79)45(29(70)18(7-59)87-54)95-48-23(55-14(3)64)31(72)40(20(9-61)88-48)90-52-37(78)34(75)28(69)17(6-58)85-52/h12-13,17-54,58-63,67-81H,6-11H2,1-5H3,(H,55,64)(H,56,65)(H,57,66)/t12-,13-,17+,18+,19+,20+,21+,22+,23+,24+,25+,26+,27+,28-,29-,30-,31+,32+,33+,34-,35-,36-,37+,38+,39+,40+,41+,42+,43+,44+,45-,46-,47?,48-,49-,50-,51-,52-,53-,54-/m0/s1.